The van der Waals surface area contributed by atoms with Crippen molar-refractivity contribution in [2.24, 2.45) is 5.92 Å². The Hall–Kier alpha value is -3.13. The van der Waals surface area contributed by atoms with E-state index in [1.807, 2.05) is 24.3 Å². The molecule has 3 unspecified atom stereocenters. The first kappa shape index (κ1) is 18.2. The normalized spacial score (nSPS) is 27.3. The maximum Gasteiger partial charge on any atom is 0.414 e. The second-order valence-corrected chi connectivity index (χ2v) is 7.05. The average Bonchev–Trinajstić information content (AvgIpc) is 3.25. The van der Waals surface area contributed by atoms with Gasteiger partial charge < -0.3 is 14.6 Å². The molecule has 1 saturated heterocycles. The van der Waals surface area contributed by atoms with Crippen LogP contribution in [0.5, 0.6) is 0 Å². The quantitative estimate of drug-likeness (QED) is 0.630. The van der Waals surface area contributed by atoms with Crippen LogP contribution in [0, 0.1) is 5.92 Å². The van der Waals surface area contributed by atoms with Gasteiger partial charge in [-0.25, -0.2) is 9.69 Å². The van der Waals surface area contributed by atoms with Crippen molar-refractivity contribution in [1.29, 1.82) is 0 Å². The SMILES string of the molecule is COCN1C(=O)C(C)=CC1OC=C1C(=O)N(C(=O)O)C2c3ccccc3CC12. The Balaban J connectivity index is 1.64. The summed E-state index contributed by atoms with van der Waals surface area (Å²) in [6.07, 6.45) is 1.53. The van der Waals surface area contributed by atoms with Gasteiger partial charge in [0.1, 0.15) is 6.73 Å². The van der Waals surface area contributed by atoms with Crippen LogP contribution in [0.2, 0.25) is 0 Å². The number of rotatable bonds is 4. The number of nitrogens with zero attached hydrogens (tertiary/aromatic N) is 2. The van der Waals surface area contributed by atoms with Crippen LogP contribution < -0.4 is 0 Å². The van der Waals surface area contributed by atoms with E-state index in [0.29, 0.717) is 17.6 Å². The van der Waals surface area contributed by atoms with Crippen molar-refractivity contribution < 1.29 is 29.0 Å². The van der Waals surface area contributed by atoms with Crippen molar-refractivity contribution in [2.45, 2.75) is 25.6 Å². The van der Waals surface area contributed by atoms with Gasteiger partial charge in [-0.15, -0.1) is 0 Å². The molecule has 3 atom stereocenters. The highest BCUT2D eigenvalue weighted by Crippen LogP contribution is 2.49. The average molecular weight is 384 g/mol. The maximum atomic E-state index is 12.8. The lowest BCUT2D eigenvalue weighted by molar-refractivity contribution is -0.139. The summed E-state index contributed by atoms with van der Waals surface area (Å²) in [4.78, 5) is 39.0. The topological polar surface area (TPSA) is 96.4 Å². The number of amides is 3. The molecule has 8 heteroatoms. The van der Waals surface area contributed by atoms with Gasteiger partial charge in [-0.2, -0.15) is 0 Å². The molecule has 0 aromatic heterocycles. The molecule has 2 aliphatic heterocycles. The molecule has 8 nitrogen and oxygen atoms in total. The van der Waals surface area contributed by atoms with Crippen LogP contribution >= 0.6 is 0 Å². The van der Waals surface area contributed by atoms with Gasteiger partial charge >= 0.3 is 6.09 Å². The van der Waals surface area contributed by atoms with Gasteiger partial charge in [0.05, 0.1) is 17.9 Å². The van der Waals surface area contributed by atoms with Crippen LogP contribution in [0.25, 0.3) is 0 Å². The minimum atomic E-state index is -1.28. The van der Waals surface area contributed by atoms with E-state index in [2.05, 4.69) is 0 Å². The predicted octanol–water partition coefficient (Wildman–Crippen LogP) is 2.04. The molecule has 1 N–H and O–H groups in total. The molecular formula is C20H20N2O6. The standard InChI is InChI=1S/C20H20N2O6/c1-11-7-16(21(10-27-2)18(11)23)28-9-15-14-8-12-5-3-4-6-13(12)17(14)22(19(15)24)20(25)26/h3-7,9,14,16-17H,8,10H2,1-2H3,(H,25,26). The van der Waals surface area contributed by atoms with Gasteiger partial charge in [0.2, 0.25) is 0 Å². The lowest BCUT2D eigenvalue weighted by Gasteiger charge is -2.23. The molecule has 0 saturated carbocycles. The third-order valence-electron chi connectivity index (χ3n) is 5.44. The molecule has 1 aliphatic carbocycles. The second kappa shape index (κ2) is 6.79. The highest BCUT2D eigenvalue weighted by Gasteiger charge is 2.52. The van der Waals surface area contributed by atoms with Gasteiger partial charge in [0.15, 0.2) is 6.23 Å². The third-order valence-corrected chi connectivity index (χ3v) is 5.44. The third kappa shape index (κ3) is 2.68. The van der Waals surface area contributed by atoms with Crippen molar-refractivity contribution in [1.82, 2.24) is 9.80 Å². The Morgan fingerprint density at radius 2 is 2.04 bits per heavy atom. The smallest absolute Gasteiger partial charge is 0.414 e. The fraction of sp³-hybridized carbons (Fsp3) is 0.350. The summed E-state index contributed by atoms with van der Waals surface area (Å²) in [6, 6.07) is 6.99. The van der Waals surface area contributed by atoms with E-state index in [1.54, 1.807) is 13.0 Å². The highest BCUT2D eigenvalue weighted by atomic mass is 16.5. The number of fused-ring (bicyclic) bond motifs is 3. The molecule has 0 spiro atoms. The number of methoxy groups -OCH3 is 1. The van der Waals surface area contributed by atoms with E-state index in [1.165, 1.54) is 18.3 Å². The minimum absolute atomic E-state index is 0.0488. The predicted molar refractivity (Wildman–Crippen MR) is 96.7 cm³/mol. The number of imide groups is 1. The molecule has 1 fully saturated rings. The first-order valence-electron chi connectivity index (χ1n) is 8.92. The molecule has 28 heavy (non-hydrogen) atoms. The fourth-order valence-electron chi connectivity index (χ4n) is 4.18. The summed E-state index contributed by atoms with van der Waals surface area (Å²) in [5, 5.41) is 9.59. The molecule has 0 radical (unpaired) electrons. The van der Waals surface area contributed by atoms with Gasteiger partial charge in [0, 0.05) is 18.6 Å². The Kier molecular flexibility index (Phi) is 4.43. The summed E-state index contributed by atoms with van der Waals surface area (Å²) in [5.41, 5.74) is 2.69. The Morgan fingerprint density at radius 3 is 2.75 bits per heavy atom. The molecule has 2 heterocycles. The number of carboxylic acid groups (broad SMARTS) is 1. The fourth-order valence-corrected chi connectivity index (χ4v) is 4.18. The molecule has 0 bridgehead atoms. The van der Waals surface area contributed by atoms with E-state index in [0.717, 1.165) is 16.0 Å². The van der Waals surface area contributed by atoms with Crippen LogP contribution in [0.4, 0.5) is 4.79 Å². The van der Waals surface area contributed by atoms with Crippen molar-refractivity contribution in [3.8, 4) is 0 Å². The first-order chi connectivity index (χ1) is 13.4. The minimum Gasteiger partial charge on any atom is -0.474 e. The Morgan fingerprint density at radius 1 is 1.29 bits per heavy atom. The molecule has 3 aliphatic rings. The lowest BCUT2D eigenvalue weighted by Crippen LogP contribution is -2.37. The molecule has 1 aromatic carbocycles. The van der Waals surface area contributed by atoms with Gasteiger partial charge in [-0.05, 0) is 30.5 Å². The van der Waals surface area contributed by atoms with Crippen LogP contribution in [0.15, 0.2) is 47.7 Å². The monoisotopic (exact) mass is 384 g/mol. The lowest BCUT2D eigenvalue weighted by atomic mass is 9.97. The number of carbonyl (C=O) groups is 3. The van der Waals surface area contributed by atoms with Gasteiger partial charge in [-0.3, -0.25) is 14.5 Å². The van der Waals surface area contributed by atoms with Gasteiger partial charge in [0.25, 0.3) is 11.8 Å². The van der Waals surface area contributed by atoms with Crippen molar-refractivity contribution >= 4 is 17.9 Å². The molecule has 3 amide bonds. The molecular weight excluding hydrogens is 364 g/mol. The van der Waals surface area contributed by atoms with Crippen molar-refractivity contribution in [3.05, 3.63) is 58.9 Å². The second-order valence-electron chi connectivity index (χ2n) is 7.05. The number of ether oxygens (including phenoxy) is 2. The van der Waals surface area contributed by atoms with E-state index < -0.39 is 24.3 Å². The van der Waals surface area contributed by atoms with Crippen molar-refractivity contribution in [2.75, 3.05) is 13.8 Å². The summed E-state index contributed by atoms with van der Waals surface area (Å²) in [6.45, 7) is 1.73. The van der Waals surface area contributed by atoms with Crippen LogP contribution in [0.3, 0.4) is 0 Å². The summed E-state index contributed by atoms with van der Waals surface area (Å²) < 4.78 is 10.8. The summed E-state index contributed by atoms with van der Waals surface area (Å²) in [7, 11) is 1.47. The Bertz CT molecular complexity index is 921. The van der Waals surface area contributed by atoms with E-state index in [9.17, 15) is 19.5 Å². The number of hydrogen-bond acceptors (Lipinski definition) is 5. The Labute approximate surface area is 161 Å². The number of likely N-dealkylation sites (tertiary alicyclic amines) is 1. The molecule has 146 valence electrons. The zero-order valence-corrected chi connectivity index (χ0v) is 15.5. The largest absolute Gasteiger partial charge is 0.474 e. The van der Waals surface area contributed by atoms with E-state index >= 15 is 0 Å². The zero-order valence-electron chi connectivity index (χ0n) is 15.5. The summed E-state index contributed by atoms with van der Waals surface area (Å²) in [5.74, 6) is -1.10. The van der Waals surface area contributed by atoms with Crippen molar-refractivity contribution in [3.63, 3.8) is 0 Å². The highest BCUT2D eigenvalue weighted by molar-refractivity contribution is 6.05. The summed E-state index contributed by atoms with van der Waals surface area (Å²) >= 11 is 0. The maximum absolute atomic E-state index is 12.8. The van der Waals surface area contributed by atoms with Crippen LogP contribution in [-0.4, -0.2) is 52.9 Å². The number of benzene rings is 1. The van der Waals surface area contributed by atoms with E-state index in [4.69, 9.17) is 9.47 Å². The van der Waals surface area contributed by atoms with Gasteiger partial charge in [-0.1, -0.05) is 24.3 Å². The van der Waals surface area contributed by atoms with E-state index in [-0.39, 0.29) is 18.6 Å². The number of carbonyl (C=O) groups excluding carboxylic acids is 2. The molecule has 4 rings (SSSR count). The molecule has 1 aromatic rings. The first-order valence-corrected chi connectivity index (χ1v) is 8.92. The zero-order chi connectivity index (χ0) is 20.0. The van der Waals surface area contributed by atoms with Crippen LogP contribution in [0.1, 0.15) is 24.1 Å². The van der Waals surface area contributed by atoms with Crippen LogP contribution in [-0.2, 0) is 25.5 Å². The number of hydrogen-bond donors (Lipinski definition) is 1.